The van der Waals surface area contributed by atoms with Gasteiger partial charge in [-0.1, -0.05) is 32.6 Å². The topological polar surface area (TPSA) is 78.4 Å². The highest BCUT2D eigenvalue weighted by Crippen LogP contribution is 2.19. The molecule has 1 saturated heterocycles. The number of urea groups is 1. The summed E-state index contributed by atoms with van der Waals surface area (Å²) in [6.07, 6.45) is 4.58. The average molecular weight is 214 g/mol. The number of aliphatic hydroxyl groups is 1. The minimum absolute atomic E-state index is 0.337. The van der Waals surface area contributed by atoms with Gasteiger partial charge in [-0.05, 0) is 6.42 Å². The Kier molecular flexibility index (Phi) is 4.08. The van der Waals surface area contributed by atoms with Gasteiger partial charge < -0.3 is 10.4 Å². The fraction of sp³-hybridized carbons (Fsp3) is 0.800. The van der Waals surface area contributed by atoms with E-state index in [0.717, 1.165) is 25.7 Å². The molecule has 5 nitrogen and oxygen atoms in total. The van der Waals surface area contributed by atoms with Crippen LogP contribution in [0.3, 0.4) is 0 Å². The Morgan fingerprint density at radius 3 is 2.47 bits per heavy atom. The van der Waals surface area contributed by atoms with Crippen LogP contribution < -0.4 is 10.6 Å². The van der Waals surface area contributed by atoms with Crippen LogP contribution in [0.2, 0.25) is 0 Å². The predicted molar refractivity (Wildman–Crippen MR) is 55.3 cm³/mol. The third kappa shape index (κ3) is 2.68. The normalized spacial score (nSPS) is 25.2. The molecule has 86 valence electrons. The summed E-state index contributed by atoms with van der Waals surface area (Å²) < 4.78 is 0. The lowest BCUT2D eigenvalue weighted by molar-refractivity contribution is -0.125. The molecule has 1 rings (SSSR count). The molecule has 0 spiro atoms. The molecule has 1 atom stereocenters. The molecule has 15 heavy (non-hydrogen) atoms. The molecule has 1 aliphatic rings. The zero-order chi connectivity index (χ0) is 11.3. The molecular weight excluding hydrogens is 196 g/mol. The molecular formula is C10H18N2O3. The molecule has 3 N–H and O–H groups in total. The third-order valence-corrected chi connectivity index (χ3v) is 2.74. The molecule has 0 radical (unpaired) electrons. The highest BCUT2D eigenvalue weighted by Gasteiger charge is 2.44. The fourth-order valence-corrected chi connectivity index (χ4v) is 1.75. The molecule has 0 aromatic carbocycles. The quantitative estimate of drug-likeness (QED) is 0.445. The third-order valence-electron chi connectivity index (χ3n) is 2.74. The maximum Gasteiger partial charge on any atom is 0.322 e. The molecule has 1 unspecified atom stereocenters. The number of aliphatic hydroxyl groups excluding tert-OH is 1. The summed E-state index contributed by atoms with van der Waals surface area (Å²) in [5, 5.41) is 13.8. The van der Waals surface area contributed by atoms with Crippen LogP contribution in [0.1, 0.15) is 39.0 Å². The zero-order valence-corrected chi connectivity index (χ0v) is 9.01. The van der Waals surface area contributed by atoms with Gasteiger partial charge in [0, 0.05) is 0 Å². The molecule has 5 heteroatoms. The molecule has 3 amide bonds. The molecule has 1 aliphatic heterocycles. The number of unbranched alkanes of at least 4 members (excludes halogenated alkanes) is 3. The summed E-state index contributed by atoms with van der Waals surface area (Å²) in [6, 6.07) is -0.510. The molecule has 0 aliphatic carbocycles. The van der Waals surface area contributed by atoms with Gasteiger partial charge in [0.25, 0.3) is 5.91 Å². The molecule has 0 aromatic rings. The van der Waals surface area contributed by atoms with Crippen LogP contribution in [0.4, 0.5) is 4.79 Å². The van der Waals surface area contributed by atoms with E-state index in [4.69, 9.17) is 0 Å². The monoisotopic (exact) mass is 214 g/mol. The lowest BCUT2D eigenvalue weighted by atomic mass is 9.93. The van der Waals surface area contributed by atoms with Crippen LogP contribution in [-0.4, -0.2) is 29.2 Å². The van der Waals surface area contributed by atoms with E-state index in [0.29, 0.717) is 6.42 Å². The maximum absolute atomic E-state index is 11.4. The SMILES string of the molecule is CCCCCCC1(CO)NC(=O)NC1=O. The van der Waals surface area contributed by atoms with Crippen molar-refractivity contribution < 1.29 is 14.7 Å². The number of carbonyl (C=O) groups is 2. The van der Waals surface area contributed by atoms with Crippen LogP contribution >= 0.6 is 0 Å². The minimum atomic E-state index is -1.08. The van der Waals surface area contributed by atoms with Gasteiger partial charge in [0.2, 0.25) is 0 Å². The summed E-state index contributed by atoms with van der Waals surface area (Å²) in [4.78, 5) is 22.4. The van der Waals surface area contributed by atoms with Gasteiger partial charge in [-0.3, -0.25) is 10.1 Å². The Hall–Kier alpha value is -1.10. The fourth-order valence-electron chi connectivity index (χ4n) is 1.75. The van der Waals surface area contributed by atoms with Gasteiger partial charge in [0.1, 0.15) is 5.54 Å². The molecule has 1 heterocycles. The average Bonchev–Trinajstić information content (AvgIpc) is 2.49. The number of carbonyl (C=O) groups excluding carboxylic acids is 2. The van der Waals surface area contributed by atoms with Crippen molar-refractivity contribution in [2.75, 3.05) is 6.61 Å². The summed E-state index contributed by atoms with van der Waals surface area (Å²) in [7, 11) is 0. The number of nitrogens with one attached hydrogen (secondary N) is 2. The molecule has 0 saturated carbocycles. The smallest absolute Gasteiger partial charge is 0.322 e. The standard InChI is InChI=1S/C10H18N2O3/c1-2-3-4-5-6-10(7-13)8(14)11-9(15)12-10/h13H,2-7H2,1H3,(H2,11,12,14,15). The van der Waals surface area contributed by atoms with Crippen molar-refractivity contribution in [2.24, 2.45) is 0 Å². The van der Waals surface area contributed by atoms with Crippen LogP contribution in [0.15, 0.2) is 0 Å². The van der Waals surface area contributed by atoms with Gasteiger partial charge in [-0.2, -0.15) is 0 Å². The van der Waals surface area contributed by atoms with Crippen LogP contribution in [-0.2, 0) is 4.79 Å². The Morgan fingerprint density at radius 1 is 1.27 bits per heavy atom. The van der Waals surface area contributed by atoms with E-state index in [-0.39, 0.29) is 6.61 Å². The zero-order valence-electron chi connectivity index (χ0n) is 9.01. The van der Waals surface area contributed by atoms with E-state index >= 15 is 0 Å². The van der Waals surface area contributed by atoms with E-state index < -0.39 is 17.5 Å². The number of hydrogen-bond donors (Lipinski definition) is 3. The van der Waals surface area contributed by atoms with E-state index in [9.17, 15) is 14.7 Å². The van der Waals surface area contributed by atoms with Gasteiger partial charge in [-0.25, -0.2) is 4.79 Å². The largest absolute Gasteiger partial charge is 0.393 e. The van der Waals surface area contributed by atoms with E-state index in [1.54, 1.807) is 0 Å². The second kappa shape index (κ2) is 5.11. The second-order valence-corrected chi connectivity index (χ2v) is 3.96. The highest BCUT2D eigenvalue weighted by molar-refractivity contribution is 6.07. The van der Waals surface area contributed by atoms with Gasteiger partial charge in [0.05, 0.1) is 6.61 Å². The molecule has 0 bridgehead atoms. The van der Waals surface area contributed by atoms with Gasteiger partial charge in [0.15, 0.2) is 0 Å². The summed E-state index contributed by atoms with van der Waals surface area (Å²) in [5.74, 6) is -0.411. The van der Waals surface area contributed by atoms with Crippen molar-refractivity contribution in [1.82, 2.24) is 10.6 Å². The summed E-state index contributed by atoms with van der Waals surface area (Å²) >= 11 is 0. The number of imide groups is 1. The number of rotatable bonds is 6. The van der Waals surface area contributed by atoms with Crippen molar-refractivity contribution >= 4 is 11.9 Å². The van der Waals surface area contributed by atoms with Crippen molar-refractivity contribution in [2.45, 2.75) is 44.6 Å². The van der Waals surface area contributed by atoms with Gasteiger partial charge >= 0.3 is 6.03 Å². The first-order valence-electron chi connectivity index (χ1n) is 5.39. The van der Waals surface area contributed by atoms with Crippen molar-refractivity contribution in [3.8, 4) is 0 Å². The number of hydrogen-bond acceptors (Lipinski definition) is 3. The lowest BCUT2D eigenvalue weighted by Gasteiger charge is -2.22. The van der Waals surface area contributed by atoms with Crippen LogP contribution in [0.25, 0.3) is 0 Å². The second-order valence-electron chi connectivity index (χ2n) is 3.96. The Balaban J connectivity index is 2.46. The first-order valence-corrected chi connectivity index (χ1v) is 5.39. The highest BCUT2D eigenvalue weighted by atomic mass is 16.3. The maximum atomic E-state index is 11.4. The molecule has 1 fully saturated rings. The van der Waals surface area contributed by atoms with Gasteiger partial charge in [-0.15, -0.1) is 0 Å². The minimum Gasteiger partial charge on any atom is -0.393 e. The van der Waals surface area contributed by atoms with Crippen LogP contribution in [0.5, 0.6) is 0 Å². The van der Waals surface area contributed by atoms with Crippen molar-refractivity contribution in [1.29, 1.82) is 0 Å². The van der Waals surface area contributed by atoms with Crippen LogP contribution in [0, 0.1) is 0 Å². The van der Waals surface area contributed by atoms with E-state index in [1.165, 1.54) is 0 Å². The predicted octanol–water partition coefficient (Wildman–Crippen LogP) is 0.527. The van der Waals surface area contributed by atoms with E-state index in [2.05, 4.69) is 17.6 Å². The first kappa shape index (κ1) is 12.0. The number of amides is 3. The lowest BCUT2D eigenvalue weighted by Crippen LogP contribution is -2.50. The first-order chi connectivity index (χ1) is 7.14. The Labute approximate surface area is 89.2 Å². The molecule has 0 aromatic heterocycles. The van der Waals surface area contributed by atoms with Crippen molar-refractivity contribution in [3.05, 3.63) is 0 Å². The Bertz CT molecular complexity index is 255. The van der Waals surface area contributed by atoms with Crippen molar-refractivity contribution in [3.63, 3.8) is 0 Å². The summed E-state index contributed by atoms with van der Waals surface area (Å²) in [5.41, 5.74) is -1.08. The van der Waals surface area contributed by atoms with E-state index in [1.807, 2.05) is 0 Å². The Morgan fingerprint density at radius 2 is 2.00 bits per heavy atom. The summed E-state index contributed by atoms with van der Waals surface area (Å²) in [6.45, 7) is 1.77.